The lowest BCUT2D eigenvalue weighted by Gasteiger charge is -2.29. The van der Waals surface area contributed by atoms with Gasteiger partial charge < -0.3 is 20.3 Å². The van der Waals surface area contributed by atoms with E-state index in [-0.39, 0.29) is 42.6 Å². The number of hydrogen-bond donors (Lipinski definition) is 3. The molecule has 2 heterocycles. The zero-order valence-corrected chi connectivity index (χ0v) is 19.6. The van der Waals surface area contributed by atoms with E-state index in [4.69, 9.17) is 16.3 Å². The van der Waals surface area contributed by atoms with Gasteiger partial charge >= 0.3 is 0 Å². The predicted octanol–water partition coefficient (Wildman–Crippen LogP) is 3.29. The standard InChI is InChI=1S/C21H21ClF4N4O4S/c22-16-4-3-15(35-16)21(33)28-8-13(27-9-17(23)24)20(32)29-11-1-2-14(12(7-11)19(25)26)30-5-6-34-10-18(30)31/h1-4,7,13,17,19,27H,5-6,8-10H2,(H,28,33)(H,29,32)/t13-/m0/s1. The Hall–Kier alpha value is -2.74. The summed E-state index contributed by atoms with van der Waals surface area (Å²) < 4.78 is 58.3. The fraction of sp³-hybridized carbons (Fsp3) is 0.381. The van der Waals surface area contributed by atoms with Gasteiger partial charge in [0, 0.05) is 24.3 Å². The molecule has 190 valence electrons. The number of rotatable bonds is 10. The van der Waals surface area contributed by atoms with Crippen LogP contribution in [0.25, 0.3) is 0 Å². The molecule has 0 aliphatic carbocycles. The number of nitrogens with one attached hydrogen (secondary N) is 3. The first kappa shape index (κ1) is 26.9. The summed E-state index contributed by atoms with van der Waals surface area (Å²) in [5, 5.41) is 7.19. The minimum Gasteiger partial charge on any atom is -0.370 e. The van der Waals surface area contributed by atoms with Gasteiger partial charge in [0.25, 0.3) is 24.7 Å². The molecule has 3 N–H and O–H groups in total. The van der Waals surface area contributed by atoms with Crippen LogP contribution >= 0.6 is 22.9 Å². The highest BCUT2D eigenvalue weighted by Crippen LogP contribution is 2.33. The van der Waals surface area contributed by atoms with Crippen LogP contribution in [0.4, 0.5) is 28.9 Å². The molecule has 1 aromatic carbocycles. The third-order valence-corrected chi connectivity index (χ3v) is 6.14. The number of carbonyl (C=O) groups is 3. The van der Waals surface area contributed by atoms with Crippen molar-refractivity contribution in [2.75, 3.05) is 43.1 Å². The fourth-order valence-corrected chi connectivity index (χ4v) is 4.22. The number of hydrogen-bond acceptors (Lipinski definition) is 6. The Morgan fingerprint density at radius 2 is 1.91 bits per heavy atom. The Balaban J connectivity index is 1.73. The highest BCUT2D eigenvalue weighted by Gasteiger charge is 2.27. The molecule has 2 aromatic rings. The molecule has 1 aliphatic rings. The maximum atomic E-state index is 13.7. The first-order valence-electron chi connectivity index (χ1n) is 10.3. The second-order valence-electron chi connectivity index (χ2n) is 7.33. The Morgan fingerprint density at radius 3 is 2.54 bits per heavy atom. The number of thiophene rings is 1. The van der Waals surface area contributed by atoms with Crippen LogP contribution in [0.3, 0.4) is 0 Å². The fourth-order valence-electron chi connectivity index (χ4n) is 3.26. The molecule has 0 bridgehead atoms. The van der Waals surface area contributed by atoms with Crippen LogP contribution in [-0.4, -0.2) is 63.0 Å². The summed E-state index contributed by atoms with van der Waals surface area (Å²) in [5.41, 5.74) is -0.534. The monoisotopic (exact) mass is 536 g/mol. The second-order valence-corrected chi connectivity index (χ2v) is 9.04. The molecule has 1 fully saturated rings. The molecule has 35 heavy (non-hydrogen) atoms. The van der Waals surface area contributed by atoms with E-state index in [9.17, 15) is 31.9 Å². The van der Waals surface area contributed by atoms with E-state index >= 15 is 0 Å². The molecule has 0 saturated carbocycles. The number of alkyl halides is 4. The largest absolute Gasteiger partial charge is 0.370 e. The van der Waals surface area contributed by atoms with E-state index in [0.717, 1.165) is 17.4 Å². The van der Waals surface area contributed by atoms with Gasteiger partial charge in [0.05, 0.1) is 28.1 Å². The summed E-state index contributed by atoms with van der Waals surface area (Å²) in [4.78, 5) is 38.5. The smallest absolute Gasteiger partial charge is 0.265 e. The van der Waals surface area contributed by atoms with Crippen LogP contribution in [0, 0.1) is 0 Å². The summed E-state index contributed by atoms with van der Waals surface area (Å²) >= 11 is 6.79. The SMILES string of the molecule is O=C(NC[C@H](NCC(F)F)C(=O)Nc1ccc(N2CCOCC2=O)c(C(F)F)c1)c1ccc(Cl)s1. The van der Waals surface area contributed by atoms with E-state index < -0.39 is 48.7 Å². The molecular weight excluding hydrogens is 516 g/mol. The van der Waals surface area contributed by atoms with E-state index in [1.807, 2.05) is 0 Å². The molecule has 0 unspecified atom stereocenters. The zero-order chi connectivity index (χ0) is 25.5. The second kappa shape index (κ2) is 12.3. The molecular formula is C21H21ClF4N4O4S. The zero-order valence-electron chi connectivity index (χ0n) is 18.0. The molecule has 3 amide bonds. The molecule has 1 saturated heterocycles. The number of anilines is 2. The number of nitrogens with zero attached hydrogens (tertiary/aromatic N) is 1. The lowest BCUT2D eigenvalue weighted by molar-refractivity contribution is -0.125. The highest BCUT2D eigenvalue weighted by atomic mass is 35.5. The van der Waals surface area contributed by atoms with E-state index in [1.165, 1.54) is 29.2 Å². The molecule has 8 nitrogen and oxygen atoms in total. The Kier molecular flexibility index (Phi) is 9.43. The number of ether oxygens (including phenoxy) is 1. The number of halogens is 5. The van der Waals surface area contributed by atoms with Crippen LogP contribution < -0.4 is 20.9 Å². The number of carbonyl (C=O) groups excluding carboxylic acids is 3. The Morgan fingerprint density at radius 1 is 1.14 bits per heavy atom. The van der Waals surface area contributed by atoms with Crippen LogP contribution in [0.1, 0.15) is 21.7 Å². The van der Waals surface area contributed by atoms with E-state index in [1.54, 1.807) is 0 Å². The number of morpholine rings is 1. The maximum absolute atomic E-state index is 13.7. The van der Waals surface area contributed by atoms with Crippen molar-refractivity contribution in [3.05, 3.63) is 45.1 Å². The molecule has 0 spiro atoms. The summed E-state index contributed by atoms with van der Waals surface area (Å²) in [5.74, 6) is -1.86. The predicted molar refractivity (Wildman–Crippen MR) is 123 cm³/mol. The quantitative estimate of drug-likeness (QED) is 0.405. The molecule has 1 aromatic heterocycles. The van der Waals surface area contributed by atoms with Crippen molar-refractivity contribution in [2.24, 2.45) is 0 Å². The van der Waals surface area contributed by atoms with Crippen LogP contribution in [0.5, 0.6) is 0 Å². The molecule has 0 radical (unpaired) electrons. The summed E-state index contributed by atoms with van der Waals surface area (Å²) in [6, 6.07) is 5.28. The summed E-state index contributed by atoms with van der Waals surface area (Å²) in [7, 11) is 0. The van der Waals surface area contributed by atoms with Gasteiger partial charge in [-0.05, 0) is 30.3 Å². The Bertz CT molecular complexity index is 1070. The molecule has 14 heteroatoms. The van der Waals surface area contributed by atoms with Crippen LogP contribution in [0.2, 0.25) is 4.34 Å². The normalized spacial score (nSPS) is 14.9. The highest BCUT2D eigenvalue weighted by molar-refractivity contribution is 7.18. The summed E-state index contributed by atoms with van der Waals surface area (Å²) in [6.45, 7) is -1.14. The van der Waals surface area contributed by atoms with E-state index in [2.05, 4.69) is 16.0 Å². The number of amides is 3. The van der Waals surface area contributed by atoms with Gasteiger partial charge in [0.2, 0.25) is 5.91 Å². The first-order chi connectivity index (χ1) is 16.7. The minimum atomic E-state index is -2.96. The first-order valence-corrected chi connectivity index (χ1v) is 11.5. The van der Waals surface area contributed by atoms with Crippen LogP contribution in [-0.2, 0) is 14.3 Å². The van der Waals surface area contributed by atoms with Gasteiger partial charge in [-0.25, -0.2) is 17.6 Å². The third kappa shape index (κ3) is 7.37. The van der Waals surface area contributed by atoms with Crippen molar-refractivity contribution in [3.8, 4) is 0 Å². The lowest BCUT2D eigenvalue weighted by Crippen LogP contribution is -2.49. The van der Waals surface area contributed by atoms with Crippen molar-refractivity contribution >= 4 is 52.0 Å². The van der Waals surface area contributed by atoms with Crippen molar-refractivity contribution in [2.45, 2.75) is 18.9 Å². The van der Waals surface area contributed by atoms with Gasteiger partial charge in [-0.2, -0.15) is 0 Å². The van der Waals surface area contributed by atoms with Crippen molar-refractivity contribution in [1.82, 2.24) is 10.6 Å². The molecule has 1 atom stereocenters. The van der Waals surface area contributed by atoms with Gasteiger partial charge in [0.15, 0.2) is 0 Å². The van der Waals surface area contributed by atoms with Crippen molar-refractivity contribution < 1.29 is 36.7 Å². The topological polar surface area (TPSA) is 99.8 Å². The van der Waals surface area contributed by atoms with Gasteiger partial charge in [-0.15, -0.1) is 11.3 Å². The average Bonchev–Trinajstić information content (AvgIpc) is 3.25. The lowest BCUT2D eigenvalue weighted by atomic mass is 10.1. The molecule has 3 rings (SSSR count). The molecule has 1 aliphatic heterocycles. The number of benzene rings is 1. The van der Waals surface area contributed by atoms with Gasteiger partial charge in [0.1, 0.15) is 12.6 Å². The van der Waals surface area contributed by atoms with Gasteiger partial charge in [-0.1, -0.05) is 11.6 Å². The summed E-state index contributed by atoms with van der Waals surface area (Å²) in [6.07, 6.45) is -5.73. The maximum Gasteiger partial charge on any atom is 0.265 e. The van der Waals surface area contributed by atoms with Crippen LogP contribution in [0.15, 0.2) is 30.3 Å². The van der Waals surface area contributed by atoms with Gasteiger partial charge in [-0.3, -0.25) is 19.7 Å². The van der Waals surface area contributed by atoms with Crippen molar-refractivity contribution in [3.63, 3.8) is 0 Å². The Labute approximate surface area is 206 Å². The third-order valence-electron chi connectivity index (χ3n) is 4.91. The minimum absolute atomic E-state index is 0.0134. The van der Waals surface area contributed by atoms with Crippen molar-refractivity contribution in [1.29, 1.82) is 0 Å². The average molecular weight is 537 g/mol. The van der Waals surface area contributed by atoms with E-state index in [0.29, 0.717) is 4.34 Å².